The fourth-order valence-electron chi connectivity index (χ4n) is 2.67. The van der Waals surface area contributed by atoms with Crippen LogP contribution in [0, 0.1) is 19.3 Å². The summed E-state index contributed by atoms with van der Waals surface area (Å²) in [7, 11) is 0. The summed E-state index contributed by atoms with van der Waals surface area (Å²) in [4.78, 5) is 4.38. The van der Waals surface area contributed by atoms with Gasteiger partial charge >= 0.3 is 129 Å². The van der Waals surface area contributed by atoms with Gasteiger partial charge in [0, 0.05) is 0 Å². The molecule has 0 heterocycles. The molecule has 0 N–H and O–H groups in total. The van der Waals surface area contributed by atoms with Crippen LogP contribution < -0.4 is 3.32 Å². The molecule has 0 saturated heterocycles. The number of hydrogen-bond acceptors (Lipinski definition) is 1. The number of aryl methyl sites for hydroxylation is 2. The van der Waals surface area contributed by atoms with Crippen molar-refractivity contribution in [3.05, 3.63) is 50.9 Å². The summed E-state index contributed by atoms with van der Waals surface area (Å²) in [5, 5.41) is 0. The topological polar surface area (TPSA) is 9.23 Å². The minimum atomic E-state index is -1.91. The molecule has 1 aromatic rings. The first-order valence-corrected chi connectivity index (χ1v) is 9.65. The van der Waals surface area contributed by atoms with Crippen LogP contribution in [0.3, 0.4) is 0 Å². The van der Waals surface area contributed by atoms with Gasteiger partial charge in [0.25, 0.3) is 0 Å². The second-order valence-corrected chi connectivity index (χ2v) is 9.18. The van der Waals surface area contributed by atoms with Gasteiger partial charge in [-0.05, 0) is 0 Å². The molecule has 0 fully saturated rings. The van der Waals surface area contributed by atoms with E-state index in [0.29, 0.717) is 0 Å². The maximum absolute atomic E-state index is 6.24. The van der Waals surface area contributed by atoms with Crippen LogP contribution in [0.25, 0.3) is 0 Å². The molecule has 0 spiro atoms. The van der Waals surface area contributed by atoms with Gasteiger partial charge in [-0.2, -0.15) is 0 Å². The fourth-order valence-corrected chi connectivity index (χ4v) is 5.21. The van der Waals surface area contributed by atoms with Gasteiger partial charge in [-0.25, -0.2) is 0 Å². The Balaban J connectivity index is 0.00000220. The number of rotatable bonds is 3. The monoisotopic (exact) mass is 376 g/mol. The van der Waals surface area contributed by atoms with Crippen molar-refractivity contribution in [2.24, 2.45) is 5.41 Å². The van der Waals surface area contributed by atoms with E-state index in [-0.39, 0.29) is 30.2 Å². The third-order valence-electron chi connectivity index (χ3n) is 3.51. The average Bonchev–Trinajstić information content (AvgIpc) is 2.75. The van der Waals surface area contributed by atoms with Gasteiger partial charge in [0.1, 0.15) is 0 Å². The standard InChI is InChI=1S/C9H13.C8H10O.CH2.2ClH.Ti/c1-9(2,3)8-6-4-5-7-8;1-6-3-7(2)5-8(9)4-6;;;;/h4,6H,5H2,1-3H3;3-5,9H,1-2H3;1H2;2*1H;/q;;;;;+1/p-1. The summed E-state index contributed by atoms with van der Waals surface area (Å²) in [6.45, 7) is 11.0. The Hall–Kier alpha value is -0.336. The summed E-state index contributed by atoms with van der Waals surface area (Å²) >= 11 is -1.91. The molecule has 0 bridgehead atoms. The van der Waals surface area contributed by atoms with Crippen molar-refractivity contribution in [1.29, 1.82) is 0 Å². The number of halogens is 2. The van der Waals surface area contributed by atoms with Gasteiger partial charge in [0.15, 0.2) is 0 Å². The van der Waals surface area contributed by atoms with E-state index >= 15 is 0 Å². The molecule has 1 aliphatic rings. The summed E-state index contributed by atoms with van der Waals surface area (Å²) in [6.07, 6.45) is 5.54. The first-order valence-electron chi connectivity index (χ1n) is 7.13. The zero-order chi connectivity index (χ0) is 14.9. The van der Waals surface area contributed by atoms with E-state index in [4.69, 9.17) is 3.32 Å². The summed E-state index contributed by atoms with van der Waals surface area (Å²) in [6, 6.07) is 6.41. The average molecular weight is 377 g/mol. The number of benzene rings is 1. The Bertz CT molecular complexity index is 590. The van der Waals surface area contributed by atoms with Crippen molar-refractivity contribution in [2.75, 3.05) is 0 Å². The molecule has 4 heteroatoms. The van der Waals surface area contributed by atoms with E-state index in [0.717, 1.165) is 12.2 Å². The zero-order valence-corrected chi connectivity index (χ0v) is 17.2. The molecule has 22 heavy (non-hydrogen) atoms. The maximum atomic E-state index is 6.24. The van der Waals surface area contributed by atoms with Crippen molar-refractivity contribution in [2.45, 2.75) is 41.0 Å². The number of allylic oxidation sites excluding steroid dienone is 4. The minimum absolute atomic E-state index is 0. The summed E-state index contributed by atoms with van der Waals surface area (Å²) in [5.41, 5.74) is 4.12. The molecular formula is C18H26Cl2OTi. The Labute approximate surface area is 153 Å². The van der Waals surface area contributed by atoms with E-state index in [1.165, 1.54) is 20.6 Å². The normalized spacial score (nSPS) is 13.5. The van der Waals surface area contributed by atoms with Crippen molar-refractivity contribution in [3.8, 4) is 5.75 Å². The van der Waals surface area contributed by atoms with Crippen molar-refractivity contribution < 1.29 is 21.1 Å². The van der Waals surface area contributed by atoms with E-state index in [1.807, 2.05) is 0 Å². The SMILES string of the molecule is Cl.Cl.[CH2]=[Ti]([O]c1cc(C)cc(C)c1)[C]1=C(C(C)(C)C)C=CC1. The molecule has 122 valence electrons. The third-order valence-corrected chi connectivity index (χ3v) is 6.06. The van der Waals surface area contributed by atoms with Crippen LogP contribution in [0.1, 0.15) is 38.3 Å². The fraction of sp³-hybridized carbons (Fsp3) is 0.389. The molecule has 1 aromatic carbocycles. The Morgan fingerprint density at radius 3 is 2.09 bits per heavy atom. The van der Waals surface area contributed by atoms with Gasteiger partial charge in [0.2, 0.25) is 0 Å². The van der Waals surface area contributed by atoms with Gasteiger partial charge in [-0.1, -0.05) is 0 Å². The van der Waals surface area contributed by atoms with Crippen molar-refractivity contribution in [3.63, 3.8) is 0 Å². The third kappa shape index (κ3) is 5.39. The molecular weight excluding hydrogens is 351 g/mol. The van der Waals surface area contributed by atoms with E-state index in [2.05, 4.69) is 69.8 Å². The van der Waals surface area contributed by atoms with Crippen LogP contribution in [-0.2, 0) is 17.8 Å². The Morgan fingerprint density at radius 2 is 1.59 bits per heavy atom. The second kappa shape index (κ2) is 8.50. The first-order chi connectivity index (χ1) is 9.27. The Kier molecular flexibility index (Phi) is 8.37. The van der Waals surface area contributed by atoms with Crippen LogP contribution in [0.2, 0.25) is 0 Å². The molecule has 0 amide bonds. The predicted octanol–water partition coefficient (Wildman–Crippen LogP) is 5.75. The second-order valence-electron chi connectivity index (χ2n) is 6.60. The van der Waals surface area contributed by atoms with Gasteiger partial charge < -0.3 is 0 Å². The van der Waals surface area contributed by atoms with Crippen LogP contribution in [0.4, 0.5) is 0 Å². The van der Waals surface area contributed by atoms with E-state index in [9.17, 15) is 0 Å². The van der Waals surface area contributed by atoms with Crippen molar-refractivity contribution in [1.82, 2.24) is 0 Å². The molecule has 1 aliphatic carbocycles. The molecule has 0 radical (unpaired) electrons. The molecule has 0 aliphatic heterocycles. The molecule has 2 rings (SSSR count). The number of hydrogen-bond donors (Lipinski definition) is 0. The van der Waals surface area contributed by atoms with E-state index < -0.39 is 17.8 Å². The van der Waals surface area contributed by atoms with Crippen molar-refractivity contribution >= 4 is 29.6 Å². The van der Waals surface area contributed by atoms with Crippen LogP contribution in [0.15, 0.2) is 39.8 Å². The van der Waals surface area contributed by atoms with Gasteiger partial charge in [-0.15, -0.1) is 24.8 Å². The van der Waals surface area contributed by atoms with Crippen LogP contribution in [0.5, 0.6) is 5.75 Å². The van der Waals surface area contributed by atoms with Crippen LogP contribution >= 0.6 is 24.8 Å². The molecule has 0 atom stereocenters. The zero-order valence-electron chi connectivity index (χ0n) is 14.0. The molecule has 0 aromatic heterocycles. The van der Waals surface area contributed by atoms with Gasteiger partial charge in [0.05, 0.1) is 0 Å². The first kappa shape index (κ1) is 21.7. The summed E-state index contributed by atoms with van der Waals surface area (Å²) in [5.74, 6) is 0.986. The van der Waals surface area contributed by atoms with E-state index in [1.54, 1.807) is 0 Å². The molecule has 0 unspecified atom stereocenters. The molecule has 0 saturated carbocycles. The predicted molar refractivity (Wildman–Crippen MR) is 98.4 cm³/mol. The molecule has 1 nitrogen and oxygen atoms in total. The summed E-state index contributed by atoms with van der Waals surface area (Å²) < 4.78 is 7.71. The van der Waals surface area contributed by atoms with Crippen LogP contribution in [-0.4, -0.2) is 4.82 Å². The Morgan fingerprint density at radius 1 is 1.05 bits per heavy atom. The van der Waals surface area contributed by atoms with Gasteiger partial charge in [-0.3, -0.25) is 0 Å². The quantitative estimate of drug-likeness (QED) is 0.610.